The number of fused-ring (bicyclic) bond motifs is 2. The van der Waals surface area contributed by atoms with E-state index in [-0.39, 0.29) is 24.6 Å². The quantitative estimate of drug-likeness (QED) is 0.558. The number of hydrogen-bond acceptors (Lipinski definition) is 6. The van der Waals surface area contributed by atoms with Crippen LogP contribution < -0.4 is 34.8 Å². The van der Waals surface area contributed by atoms with Crippen molar-refractivity contribution in [2.45, 2.75) is 17.5 Å². The summed E-state index contributed by atoms with van der Waals surface area (Å²) in [7, 11) is 1.24. The van der Waals surface area contributed by atoms with Crippen molar-refractivity contribution in [1.82, 2.24) is 4.57 Å². The Hall–Kier alpha value is -2.66. The van der Waals surface area contributed by atoms with Gasteiger partial charge in [-0.25, -0.2) is 4.79 Å². The molecule has 1 N–H and O–H groups in total. The smallest absolute Gasteiger partial charge is 0.548 e. The van der Waals surface area contributed by atoms with Crippen molar-refractivity contribution in [1.29, 1.82) is 0 Å². The number of amides is 1. The Balaban J connectivity index is 0.00000256. The number of methoxy groups -OCH3 is 1. The monoisotopic (exact) mass is 416 g/mol. The molecule has 9 heteroatoms. The molecule has 3 aromatic rings. The molecule has 0 bridgehead atoms. The van der Waals surface area contributed by atoms with Crippen LogP contribution in [-0.2, 0) is 16.0 Å². The molecule has 0 radical (unpaired) electrons. The molecule has 1 atom stereocenters. The SMILES string of the molecule is COC(=O)Nc1c(Cc2cccc3ccccc23)cc(=O)n2c1SCC2C(=O)[O-].[Li+]. The van der Waals surface area contributed by atoms with Crippen molar-refractivity contribution in [3.63, 3.8) is 0 Å². The molecule has 0 aliphatic carbocycles. The second kappa shape index (κ2) is 9.00. The molecule has 0 spiro atoms. The van der Waals surface area contributed by atoms with Gasteiger partial charge in [0.25, 0.3) is 5.56 Å². The fourth-order valence-electron chi connectivity index (χ4n) is 3.57. The van der Waals surface area contributed by atoms with E-state index in [1.54, 1.807) is 0 Å². The van der Waals surface area contributed by atoms with Crippen LogP contribution in [0.3, 0.4) is 0 Å². The van der Waals surface area contributed by atoms with Gasteiger partial charge in [0.15, 0.2) is 0 Å². The summed E-state index contributed by atoms with van der Waals surface area (Å²) in [6, 6.07) is 14.1. The molecule has 1 aliphatic rings. The first-order chi connectivity index (χ1) is 14.0. The van der Waals surface area contributed by atoms with Crippen LogP contribution in [0.1, 0.15) is 17.2 Å². The first-order valence-corrected chi connectivity index (χ1v) is 9.92. The van der Waals surface area contributed by atoms with E-state index in [4.69, 9.17) is 4.74 Å². The summed E-state index contributed by atoms with van der Waals surface area (Å²) in [5, 5.41) is 16.6. The zero-order valence-corrected chi connectivity index (χ0v) is 17.3. The van der Waals surface area contributed by atoms with E-state index in [1.165, 1.54) is 24.9 Å². The molecular weight excluding hydrogens is 399 g/mol. The molecule has 1 amide bonds. The standard InChI is InChI=1S/C21H18N2O5S.Li/c1-28-21(27)22-18-14(9-13-7-4-6-12-5-2-3-8-15(12)13)10-17(24)23-16(20(25)26)11-29-19(18)23;/h2-8,10,16H,9,11H2,1H3,(H,22,27)(H,25,26);/q;+1/p-1. The number of aromatic nitrogens is 1. The summed E-state index contributed by atoms with van der Waals surface area (Å²) in [5.41, 5.74) is 1.53. The normalized spacial score (nSPS) is 14.6. The number of nitrogens with one attached hydrogen (secondary N) is 1. The second-order valence-corrected chi connectivity index (χ2v) is 7.64. The van der Waals surface area contributed by atoms with Crippen LogP contribution in [0.15, 0.2) is 58.4 Å². The minimum atomic E-state index is -1.33. The van der Waals surface area contributed by atoms with Crippen LogP contribution in [-0.4, -0.2) is 29.5 Å². The fourth-order valence-corrected chi connectivity index (χ4v) is 4.85. The molecular formula is C21H17LiN2O5S. The minimum Gasteiger partial charge on any atom is -0.548 e. The summed E-state index contributed by atoms with van der Waals surface area (Å²) in [5.74, 6) is -1.17. The number of aliphatic carboxylic acids is 1. The number of pyridine rings is 1. The van der Waals surface area contributed by atoms with Crippen molar-refractivity contribution in [3.8, 4) is 0 Å². The van der Waals surface area contributed by atoms with Gasteiger partial charge >= 0.3 is 25.0 Å². The van der Waals surface area contributed by atoms with Gasteiger partial charge in [0, 0.05) is 18.2 Å². The minimum absolute atomic E-state index is 0. The van der Waals surface area contributed by atoms with Crippen molar-refractivity contribution >= 4 is 40.3 Å². The molecule has 4 rings (SSSR count). The average molecular weight is 416 g/mol. The largest absolute Gasteiger partial charge is 1.00 e. The van der Waals surface area contributed by atoms with Crippen LogP contribution in [0.2, 0.25) is 0 Å². The molecule has 1 unspecified atom stereocenters. The predicted octanol–water partition coefficient (Wildman–Crippen LogP) is -0.829. The number of thioether (sulfide) groups is 1. The van der Waals surface area contributed by atoms with E-state index in [0.717, 1.165) is 20.9 Å². The van der Waals surface area contributed by atoms with Gasteiger partial charge in [-0.3, -0.25) is 14.7 Å². The molecule has 2 aromatic carbocycles. The number of carbonyl (C=O) groups is 2. The number of carboxylic acids is 1. The number of benzene rings is 2. The second-order valence-electron chi connectivity index (χ2n) is 6.64. The summed E-state index contributed by atoms with van der Waals surface area (Å²) < 4.78 is 5.88. The van der Waals surface area contributed by atoms with Gasteiger partial charge < -0.3 is 14.6 Å². The maximum absolute atomic E-state index is 12.7. The molecule has 148 valence electrons. The number of anilines is 1. The van der Waals surface area contributed by atoms with E-state index < -0.39 is 23.7 Å². The van der Waals surface area contributed by atoms with E-state index >= 15 is 0 Å². The van der Waals surface area contributed by atoms with Gasteiger partial charge in [-0.1, -0.05) is 42.5 Å². The Labute approximate surface area is 188 Å². The molecule has 0 saturated heterocycles. The zero-order chi connectivity index (χ0) is 20.5. The molecule has 0 fully saturated rings. The van der Waals surface area contributed by atoms with E-state index in [2.05, 4.69) is 5.32 Å². The van der Waals surface area contributed by atoms with Crippen LogP contribution in [0.4, 0.5) is 10.5 Å². The topological polar surface area (TPSA) is 100 Å². The van der Waals surface area contributed by atoms with Crippen molar-refractivity contribution in [2.24, 2.45) is 0 Å². The van der Waals surface area contributed by atoms with Gasteiger partial charge in [0.05, 0.1) is 24.8 Å². The number of ether oxygens (including phenoxy) is 1. The molecule has 1 aliphatic heterocycles. The Morgan fingerprint density at radius 1 is 1.20 bits per heavy atom. The van der Waals surface area contributed by atoms with Crippen LogP contribution in [0, 0.1) is 0 Å². The summed E-state index contributed by atoms with van der Waals surface area (Å²) >= 11 is 1.20. The number of hydrogen-bond donors (Lipinski definition) is 1. The Kier molecular flexibility index (Phi) is 6.61. The Bertz CT molecular complexity index is 1190. The third kappa shape index (κ3) is 3.99. The molecule has 0 saturated carbocycles. The van der Waals surface area contributed by atoms with Crippen LogP contribution in [0.5, 0.6) is 0 Å². The van der Waals surface area contributed by atoms with Crippen molar-refractivity contribution < 1.29 is 38.3 Å². The fraction of sp³-hybridized carbons (Fsp3) is 0.190. The maximum atomic E-state index is 12.7. The zero-order valence-electron chi connectivity index (χ0n) is 16.5. The van der Waals surface area contributed by atoms with E-state index in [1.807, 2.05) is 42.5 Å². The maximum Gasteiger partial charge on any atom is 1.00 e. The molecule has 30 heavy (non-hydrogen) atoms. The van der Waals surface area contributed by atoms with Gasteiger partial charge in [-0.15, -0.1) is 11.8 Å². The Morgan fingerprint density at radius 3 is 2.67 bits per heavy atom. The van der Waals surface area contributed by atoms with Crippen LogP contribution >= 0.6 is 11.8 Å². The number of carbonyl (C=O) groups excluding carboxylic acids is 2. The third-order valence-corrected chi connectivity index (χ3v) is 6.08. The number of carboxylic acid groups (broad SMARTS) is 1. The molecule has 7 nitrogen and oxygen atoms in total. The first-order valence-electron chi connectivity index (χ1n) is 8.93. The van der Waals surface area contributed by atoms with E-state index in [0.29, 0.717) is 22.7 Å². The van der Waals surface area contributed by atoms with Crippen LogP contribution in [0.25, 0.3) is 10.8 Å². The molecule has 2 heterocycles. The number of nitrogens with zero attached hydrogens (tertiary/aromatic N) is 1. The summed E-state index contributed by atoms with van der Waals surface area (Å²) in [4.78, 5) is 36.1. The predicted molar refractivity (Wildman–Crippen MR) is 108 cm³/mol. The average Bonchev–Trinajstić information content (AvgIpc) is 3.17. The summed E-state index contributed by atoms with van der Waals surface area (Å²) in [6.45, 7) is 0. The van der Waals surface area contributed by atoms with E-state index in [9.17, 15) is 19.5 Å². The Morgan fingerprint density at radius 2 is 1.93 bits per heavy atom. The third-order valence-electron chi connectivity index (χ3n) is 4.92. The van der Waals surface area contributed by atoms with Crippen molar-refractivity contribution in [3.05, 3.63) is 70.0 Å². The summed E-state index contributed by atoms with van der Waals surface area (Å²) in [6.07, 6.45) is -0.302. The van der Waals surface area contributed by atoms with Gasteiger partial charge in [0.2, 0.25) is 0 Å². The van der Waals surface area contributed by atoms with Crippen molar-refractivity contribution in [2.75, 3.05) is 18.2 Å². The molecule has 1 aromatic heterocycles. The first kappa shape index (κ1) is 22.0. The van der Waals surface area contributed by atoms with Gasteiger partial charge in [-0.05, 0) is 21.9 Å². The van der Waals surface area contributed by atoms with Gasteiger partial charge in [0.1, 0.15) is 5.03 Å². The van der Waals surface area contributed by atoms with Gasteiger partial charge in [-0.2, -0.15) is 0 Å². The number of rotatable bonds is 4.